The lowest BCUT2D eigenvalue weighted by Crippen LogP contribution is -2.28. The Morgan fingerprint density at radius 1 is 0.293 bits per heavy atom. The maximum atomic E-state index is 2.63. The summed E-state index contributed by atoms with van der Waals surface area (Å²) in [5.74, 6) is 0. The molecule has 12 aromatic rings. The van der Waals surface area contributed by atoms with E-state index in [0.29, 0.717) is 0 Å². The van der Waals surface area contributed by atoms with Gasteiger partial charge in [0, 0.05) is 22.1 Å². The Balaban J connectivity index is 1.09. The summed E-state index contributed by atoms with van der Waals surface area (Å²) in [4.78, 5) is 2.63. The van der Waals surface area contributed by atoms with Crippen LogP contribution < -0.4 is 4.90 Å². The molecule has 0 aliphatic heterocycles. The Hall–Kier alpha value is -9.30. The molecule has 2 aliphatic rings. The van der Waals surface area contributed by atoms with E-state index in [1.54, 1.807) is 0 Å². The average molecular weight is 1050 g/mol. The van der Waals surface area contributed by atoms with Gasteiger partial charge in [0.05, 0.1) is 22.5 Å². The van der Waals surface area contributed by atoms with Crippen LogP contribution in [0.1, 0.15) is 98.5 Å². The summed E-state index contributed by atoms with van der Waals surface area (Å²) < 4.78 is 0. The fourth-order valence-electron chi connectivity index (χ4n) is 14.1. The van der Waals surface area contributed by atoms with Crippen LogP contribution in [0, 0.1) is 0 Å². The van der Waals surface area contributed by atoms with Gasteiger partial charge in [0.15, 0.2) is 0 Å². The summed E-state index contributed by atoms with van der Waals surface area (Å²) in [6.45, 7) is 16.4. The Kier molecular flexibility index (Phi) is 12.1. The quantitative estimate of drug-likeness (QED) is 0.139. The summed E-state index contributed by atoms with van der Waals surface area (Å²) in [5, 5.41) is 2.45. The number of nitrogens with zero attached hydrogens (tertiary/aromatic N) is 1. The van der Waals surface area contributed by atoms with Crippen molar-refractivity contribution in [3.63, 3.8) is 0 Å². The summed E-state index contributed by atoms with van der Waals surface area (Å²) in [7, 11) is 0. The van der Waals surface area contributed by atoms with E-state index in [4.69, 9.17) is 0 Å². The molecule has 14 rings (SSSR count). The molecule has 12 aromatic carbocycles. The van der Waals surface area contributed by atoms with Crippen LogP contribution in [0.25, 0.3) is 66.4 Å². The van der Waals surface area contributed by atoms with Gasteiger partial charge >= 0.3 is 0 Å². The molecular weight excluding hydrogens is 987 g/mol. The van der Waals surface area contributed by atoms with Gasteiger partial charge in [0.1, 0.15) is 0 Å². The van der Waals surface area contributed by atoms with Crippen molar-refractivity contribution in [2.24, 2.45) is 0 Å². The van der Waals surface area contributed by atoms with Gasteiger partial charge < -0.3 is 4.90 Å². The fraction of sp³-hybridized carbons (Fsp3) is 0.136. The van der Waals surface area contributed by atoms with Gasteiger partial charge in [0.25, 0.3) is 0 Å². The van der Waals surface area contributed by atoms with E-state index in [-0.39, 0.29) is 16.2 Å². The number of para-hydroxylation sites is 2. The molecule has 0 N–H and O–H groups in total. The first-order valence-electron chi connectivity index (χ1n) is 29.2. The first-order valence-corrected chi connectivity index (χ1v) is 29.2. The molecule has 1 unspecified atom stereocenters. The van der Waals surface area contributed by atoms with E-state index in [1.807, 2.05) is 0 Å². The van der Waals surface area contributed by atoms with E-state index in [1.165, 1.54) is 105 Å². The highest BCUT2D eigenvalue weighted by Gasteiger charge is 2.48. The van der Waals surface area contributed by atoms with Crippen LogP contribution in [0.2, 0.25) is 0 Å². The van der Waals surface area contributed by atoms with Gasteiger partial charge in [-0.2, -0.15) is 0 Å². The van der Waals surface area contributed by atoms with Crippen LogP contribution in [0.4, 0.5) is 17.1 Å². The largest absolute Gasteiger partial charge is 0.309 e. The second-order valence-corrected chi connectivity index (χ2v) is 24.9. The molecule has 0 saturated heterocycles. The SMILES string of the molecule is CC(C)(C)c1cc(-c2cccc3cccc(-c4ccccc4N(c4ccccc4-c4cccc5c4-c4ccccc4C5(C)c4ccccc4)c4cccc5c4-c4ccccc4C5(c4ccccc4)c4ccccc4)c23)cc(C(C)(C)C)c1. The topological polar surface area (TPSA) is 3.24 Å². The molecule has 1 atom stereocenters. The predicted molar refractivity (Wildman–Crippen MR) is 347 cm³/mol. The van der Waals surface area contributed by atoms with Gasteiger partial charge in [-0.3, -0.25) is 0 Å². The normalized spacial score (nSPS) is 14.9. The van der Waals surface area contributed by atoms with Crippen molar-refractivity contribution >= 4 is 27.8 Å². The lowest BCUT2D eigenvalue weighted by atomic mass is 9.68. The molecule has 0 heterocycles. The zero-order valence-electron chi connectivity index (χ0n) is 48.0. The molecule has 0 spiro atoms. The van der Waals surface area contributed by atoms with Crippen molar-refractivity contribution in [3.05, 3.63) is 329 Å². The summed E-state index contributed by atoms with van der Waals surface area (Å²) in [6.07, 6.45) is 0. The number of hydrogen-bond donors (Lipinski definition) is 0. The Morgan fingerprint density at radius 2 is 0.695 bits per heavy atom. The monoisotopic (exact) mass is 1050 g/mol. The van der Waals surface area contributed by atoms with E-state index in [9.17, 15) is 0 Å². The van der Waals surface area contributed by atoms with E-state index >= 15 is 0 Å². The first-order chi connectivity index (χ1) is 39.9. The fourth-order valence-corrected chi connectivity index (χ4v) is 14.1. The lowest BCUT2D eigenvalue weighted by Gasteiger charge is -2.35. The maximum Gasteiger partial charge on any atom is 0.0714 e. The van der Waals surface area contributed by atoms with E-state index in [2.05, 4.69) is 332 Å². The third-order valence-corrected chi connectivity index (χ3v) is 18.1. The number of fused-ring (bicyclic) bond motifs is 7. The standard InChI is InChI=1S/C81H67N/c1-78(2,3)59-51-55(52-60(53-59)79(4,5)6)61-41-25-29-54-30-26-42-64(75(54)61)62-37-19-23-48-72(62)82(74-50-28-47-71-77(74)67-40-18-22-45-69(67)81(71,57-33-13-9-14-34-57)58-35-15-10-16-36-58)73-49-24-20-38-63(73)65-43-27-46-70-76(65)66-39-17-21-44-68(66)80(70,7)56-31-11-8-12-32-56/h8-53H,1-7H3. The van der Waals surface area contributed by atoms with Gasteiger partial charge in [0.2, 0.25) is 0 Å². The van der Waals surface area contributed by atoms with E-state index < -0.39 is 5.41 Å². The highest BCUT2D eigenvalue weighted by Crippen LogP contribution is 2.62. The van der Waals surface area contributed by atoms with E-state index in [0.717, 1.165) is 28.2 Å². The molecule has 0 radical (unpaired) electrons. The van der Waals surface area contributed by atoms with Crippen LogP contribution in [-0.4, -0.2) is 0 Å². The minimum absolute atomic E-state index is 0.0434. The molecule has 0 amide bonds. The minimum atomic E-state index is -0.598. The van der Waals surface area contributed by atoms with Crippen LogP contribution in [0.5, 0.6) is 0 Å². The van der Waals surface area contributed by atoms with Crippen LogP contribution in [0.3, 0.4) is 0 Å². The molecule has 0 saturated carbocycles. The highest BCUT2D eigenvalue weighted by atomic mass is 15.2. The number of hydrogen-bond acceptors (Lipinski definition) is 1. The Labute approximate surface area is 484 Å². The molecule has 0 fully saturated rings. The highest BCUT2D eigenvalue weighted by molar-refractivity contribution is 6.11. The van der Waals surface area contributed by atoms with Crippen LogP contribution >= 0.6 is 0 Å². The van der Waals surface area contributed by atoms with Crippen molar-refractivity contribution in [1.29, 1.82) is 0 Å². The zero-order valence-corrected chi connectivity index (χ0v) is 48.0. The molecule has 1 heteroatoms. The molecule has 2 aliphatic carbocycles. The van der Waals surface area contributed by atoms with Crippen molar-refractivity contribution in [2.75, 3.05) is 4.90 Å². The van der Waals surface area contributed by atoms with Crippen molar-refractivity contribution in [2.45, 2.75) is 70.1 Å². The number of rotatable bonds is 9. The zero-order chi connectivity index (χ0) is 56.0. The third kappa shape index (κ3) is 7.89. The van der Waals surface area contributed by atoms with Gasteiger partial charge in [-0.1, -0.05) is 302 Å². The second kappa shape index (κ2) is 19.5. The Bertz CT molecular complexity index is 4340. The molecule has 0 aromatic heterocycles. The van der Waals surface area contributed by atoms with Crippen molar-refractivity contribution in [3.8, 4) is 55.6 Å². The van der Waals surface area contributed by atoms with Crippen molar-refractivity contribution in [1.82, 2.24) is 0 Å². The van der Waals surface area contributed by atoms with Gasteiger partial charge in [-0.15, -0.1) is 0 Å². The summed E-state index contributed by atoms with van der Waals surface area (Å²) in [6, 6.07) is 105. The number of benzene rings is 12. The molecule has 82 heavy (non-hydrogen) atoms. The molecule has 396 valence electrons. The Morgan fingerprint density at radius 3 is 1.28 bits per heavy atom. The third-order valence-electron chi connectivity index (χ3n) is 18.1. The minimum Gasteiger partial charge on any atom is -0.309 e. The summed E-state index contributed by atoms with van der Waals surface area (Å²) in [5.41, 5.74) is 26.1. The second-order valence-electron chi connectivity index (χ2n) is 24.9. The molecule has 1 nitrogen and oxygen atoms in total. The predicted octanol–water partition coefficient (Wildman–Crippen LogP) is 21.6. The smallest absolute Gasteiger partial charge is 0.0714 e. The maximum absolute atomic E-state index is 2.63. The van der Waals surface area contributed by atoms with Crippen LogP contribution in [-0.2, 0) is 21.7 Å². The summed E-state index contributed by atoms with van der Waals surface area (Å²) >= 11 is 0. The number of anilines is 3. The van der Waals surface area contributed by atoms with Gasteiger partial charge in [-0.25, -0.2) is 0 Å². The van der Waals surface area contributed by atoms with Crippen LogP contribution in [0.15, 0.2) is 279 Å². The lowest BCUT2D eigenvalue weighted by molar-refractivity contribution is 0.569. The average Bonchev–Trinajstić information content (AvgIpc) is 4.01. The molecule has 0 bridgehead atoms. The van der Waals surface area contributed by atoms with Gasteiger partial charge in [-0.05, 0) is 136 Å². The first kappa shape index (κ1) is 50.9. The molecular formula is C81H67N. The van der Waals surface area contributed by atoms with Crippen molar-refractivity contribution < 1.29 is 0 Å².